The van der Waals surface area contributed by atoms with E-state index in [9.17, 15) is 27.6 Å². The van der Waals surface area contributed by atoms with Crippen LogP contribution >= 0.6 is 11.3 Å². The van der Waals surface area contributed by atoms with E-state index in [4.69, 9.17) is 19.5 Å². The molecule has 16 nitrogen and oxygen atoms in total. The number of carbonyl (C=O) groups excluding carboxylic acids is 4. The van der Waals surface area contributed by atoms with Crippen molar-refractivity contribution in [2.24, 2.45) is 20.9 Å². The van der Waals surface area contributed by atoms with Crippen molar-refractivity contribution in [1.82, 2.24) is 25.2 Å². The molecule has 1 aromatic rings. The molecule has 4 aliphatic heterocycles. The fraction of sp³-hybridized carbons (Fsp3) is 0.649. The molecule has 3 aliphatic carbocycles. The Morgan fingerprint density at radius 3 is 2.60 bits per heavy atom. The van der Waals surface area contributed by atoms with Crippen molar-refractivity contribution >= 4 is 63.1 Å². The second-order valence-electron chi connectivity index (χ2n) is 15.7. The molecule has 0 radical (unpaired) electrons. The van der Waals surface area contributed by atoms with Crippen LogP contribution in [0.25, 0.3) is 0 Å². The Hall–Kier alpha value is -4.32. The standard InChI is InChI=1S/C37H48N8O8S2/c1-44-21-38-30-31(44)41-33(29(40-30)28-14-9-17-54-28)52-24-18-27-32(46)42-37(35(48)43-55(50,51)25-15-16-25)19-22(37)10-5-3-2-4-6-13-26(34(47)45(27)20-24)39-36(49)53-23-11-7-8-12-23/h5,9-10,14,17,21-27,30-31H,2-4,6-8,11-13,15-16,18-20H2,1H3,(H,39,49)(H,42,46)(H,43,48)/b10-5-/t22?,24-,26+,27+,30?,31?,37-/m1/s1. The van der Waals surface area contributed by atoms with Crippen LogP contribution in [0.15, 0.2) is 44.6 Å². The van der Waals surface area contributed by atoms with Crippen molar-refractivity contribution in [3.05, 3.63) is 34.5 Å². The topological polar surface area (TPSA) is 201 Å². The molecule has 18 heteroatoms. The van der Waals surface area contributed by atoms with Gasteiger partial charge in [0.1, 0.15) is 35.5 Å². The summed E-state index contributed by atoms with van der Waals surface area (Å²) in [5, 5.41) is 7.02. The normalized spacial score (nSPS) is 33.2. The number of ether oxygens (including phenoxy) is 2. The van der Waals surface area contributed by atoms with Gasteiger partial charge in [-0.15, -0.1) is 11.3 Å². The number of nitrogens with one attached hydrogen (secondary N) is 3. The molecule has 296 valence electrons. The summed E-state index contributed by atoms with van der Waals surface area (Å²) in [7, 11) is -2.04. The summed E-state index contributed by atoms with van der Waals surface area (Å²) < 4.78 is 40.3. The lowest BCUT2D eigenvalue weighted by Gasteiger charge is -2.30. The summed E-state index contributed by atoms with van der Waals surface area (Å²) >= 11 is 1.48. The molecule has 3 unspecified atom stereocenters. The molecule has 8 rings (SSSR count). The van der Waals surface area contributed by atoms with E-state index in [0.29, 0.717) is 37.8 Å². The molecular weight excluding hydrogens is 749 g/mol. The maximum Gasteiger partial charge on any atom is 0.408 e. The molecule has 0 spiro atoms. The number of likely N-dealkylation sites (N-methyl/N-ethyl adjacent to an activating group) is 1. The van der Waals surface area contributed by atoms with Gasteiger partial charge in [0.2, 0.25) is 27.7 Å². The van der Waals surface area contributed by atoms with Crippen molar-refractivity contribution in [3.63, 3.8) is 0 Å². The van der Waals surface area contributed by atoms with Crippen molar-refractivity contribution < 1.29 is 37.1 Å². The van der Waals surface area contributed by atoms with E-state index < -0.39 is 81.1 Å². The van der Waals surface area contributed by atoms with Gasteiger partial charge in [0, 0.05) is 19.4 Å². The van der Waals surface area contributed by atoms with E-state index in [0.717, 1.165) is 43.4 Å². The van der Waals surface area contributed by atoms with E-state index in [-0.39, 0.29) is 31.4 Å². The van der Waals surface area contributed by atoms with E-state index in [1.54, 1.807) is 6.34 Å². The van der Waals surface area contributed by atoms with Gasteiger partial charge in [0.15, 0.2) is 12.3 Å². The molecule has 0 aromatic carbocycles. The summed E-state index contributed by atoms with van der Waals surface area (Å²) in [6.45, 7) is -0.0114. The smallest absolute Gasteiger partial charge is 0.408 e. The number of hydrogen-bond donors (Lipinski definition) is 3. The van der Waals surface area contributed by atoms with E-state index in [2.05, 4.69) is 20.3 Å². The van der Waals surface area contributed by atoms with Crippen LogP contribution in [0.1, 0.15) is 88.3 Å². The Kier molecular flexibility index (Phi) is 10.5. The second-order valence-corrected chi connectivity index (χ2v) is 18.6. The Balaban J connectivity index is 1.08. The zero-order valence-electron chi connectivity index (χ0n) is 30.8. The quantitative estimate of drug-likeness (QED) is 0.347. The van der Waals surface area contributed by atoms with Crippen LogP contribution in [0.5, 0.6) is 0 Å². The third-order valence-electron chi connectivity index (χ3n) is 11.5. The number of carbonyl (C=O) groups is 4. The highest BCUT2D eigenvalue weighted by Crippen LogP contribution is 2.46. The molecular formula is C37H48N8O8S2. The summed E-state index contributed by atoms with van der Waals surface area (Å²) in [4.78, 5) is 74.3. The van der Waals surface area contributed by atoms with Crippen molar-refractivity contribution in [2.75, 3.05) is 13.6 Å². The van der Waals surface area contributed by atoms with E-state index in [1.807, 2.05) is 41.6 Å². The lowest BCUT2D eigenvalue weighted by molar-refractivity contribution is -0.141. The summed E-state index contributed by atoms with van der Waals surface area (Å²) in [5.74, 6) is -2.02. The maximum atomic E-state index is 14.6. The molecule has 7 atom stereocenters. The largest absolute Gasteiger partial charge is 0.471 e. The zero-order chi connectivity index (χ0) is 38.3. The number of allylic oxidation sites excluding steroid dienone is 1. The van der Waals surface area contributed by atoms with Gasteiger partial charge in [-0.3, -0.25) is 19.1 Å². The molecule has 1 aromatic heterocycles. The van der Waals surface area contributed by atoms with Gasteiger partial charge in [-0.05, 0) is 75.7 Å². The Bertz CT molecular complexity index is 1910. The van der Waals surface area contributed by atoms with Crippen molar-refractivity contribution in [2.45, 2.75) is 131 Å². The number of thiophene rings is 1. The number of fused-ring (bicyclic) bond motifs is 3. The highest BCUT2D eigenvalue weighted by Gasteiger charge is 2.62. The molecule has 1 saturated heterocycles. The number of rotatable bonds is 7. The SMILES string of the molecule is CN1C=NC2N=C(c3cccs3)C(O[C@@H]3C[C@H]4C(=O)N[C@]5(C(=O)NS(=O)(=O)C6CC6)CC5/C=C\CCCCC[C@H](NC(=O)OC5CCCC5)C(=O)N4C3)=NC21. The van der Waals surface area contributed by atoms with Gasteiger partial charge in [0.05, 0.1) is 23.0 Å². The Morgan fingerprint density at radius 1 is 1.04 bits per heavy atom. The number of alkyl carbamates (subject to hydrolysis) is 1. The van der Waals surface area contributed by atoms with Gasteiger partial charge in [-0.2, -0.15) is 0 Å². The minimum atomic E-state index is -3.89. The fourth-order valence-corrected chi connectivity index (χ4v) is 10.2. The maximum absolute atomic E-state index is 14.6. The van der Waals surface area contributed by atoms with Crippen LogP contribution in [0.3, 0.4) is 0 Å². The molecule has 0 bridgehead atoms. The Morgan fingerprint density at radius 2 is 1.84 bits per heavy atom. The molecule has 3 saturated carbocycles. The van der Waals surface area contributed by atoms with Crippen LogP contribution in [0.4, 0.5) is 4.79 Å². The molecule has 4 amide bonds. The molecule has 5 heterocycles. The van der Waals surface area contributed by atoms with Gasteiger partial charge >= 0.3 is 6.09 Å². The third kappa shape index (κ3) is 8.02. The summed E-state index contributed by atoms with van der Waals surface area (Å²) in [6.07, 6.45) is 11.0. The van der Waals surface area contributed by atoms with E-state index in [1.165, 1.54) is 16.2 Å². The average molecular weight is 797 g/mol. The Labute approximate surface area is 324 Å². The number of sulfonamides is 1. The minimum absolute atomic E-state index is 0.0114. The van der Waals surface area contributed by atoms with Crippen LogP contribution in [-0.2, 0) is 33.9 Å². The van der Waals surface area contributed by atoms with Crippen molar-refractivity contribution in [3.8, 4) is 0 Å². The first-order valence-electron chi connectivity index (χ1n) is 19.4. The molecule has 3 N–H and O–H groups in total. The number of hydrogen-bond acceptors (Lipinski definition) is 13. The number of aliphatic imine (C=N–C) groups is 3. The second kappa shape index (κ2) is 15.3. The lowest BCUT2D eigenvalue weighted by atomic mass is 10.0. The van der Waals surface area contributed by atoms with Crippen LogP contribution in [0.2, 0.25) is 0 Å². The highest BCUT2D eigenvalue weighted by atomic mass is 32.2. The van der Waals surface area contributed by atoms with E-state index >= 15 is 0 Å². The minimum Gasteiger partial charge on any atom is -0.471 e. The van der Waals surface area contributed by atoms with Gasteiger partial charge in [-0.25, -0.2) is 28.2 Å². The number of amides is 4. The first kappa shape index (κ1) is 37.6. The third-order valence-corrected chi connectivity index (χ3v) is 14.2. The zero-order valence-corrected chi connectivity index (χ0v) is 32.4. The van der Waals surface area contributed by atoms with Crippen LogP contribution in [-0.4, -0.2) is 121 Å². The fourth-order valence-electron chi connectivity index (χ4n) is 8.16. The predicted molar refractivity (Wildman–Crippen MR) is 204 cm³/mol. The summed E-state index contributed by atoms with van der Waals surface area (Å²) in [6, 6.07) is 1.73. The first-order valence-corrected chi connectivity index (χ1v) is 21.9. The lowest BCUT2D eigenvalue weighted by Crippen LogP contribution is -2.58. The van der Waals surface area contributed by atoms with Crippen molar-refractivity contribution in [1.29, 1.82) is 0 Å². The number of nitrogens with zero attached hydrogens (tertiary/aromatic N) is 5. The summed E-state index contributed by atoms with van der Waals surface area (Å²) in [5.41, 5.74) is -0.973. The molecule has 4 fully saturated rings. The molecule has 7 aliphatic rings. The first-order chi connectivity index (χ1) is 26.5. The highest BCUT2D eigenvalue weighted by molar-refractivity contribution is 7.91. The van der Waals surface area contributed by atoms with Gasteiger partial charge in [-0.1, -0.05) is 31.1 Å². The van der Waals surface area contributed by atoms with Crippen LogP contribution in [0, 0.1) is 5.92 Å². The average Bonchev–Trinajstić information content (AvgIpc) is 3.78. The van der Waals surface area contributed by atoms with Gasteiger partial charge in [0.25, 0.3) is 5.91 Å². The molecule has 55 heavy (non-hydrogen) atoms. The monoisotopic (exact) mass is 796 g/mol. The van der Waals surface area contributed by atoms with Gasteiger partial charge < -0.3 is 29.9 Å². The van der Waals surface area contributed by atoms with Crippen LogP contribution < -0.4 is 15.4 Å². The predicted octanol–water partition coefficient (Wildman–Crippen LogP) is 2.60.